The molecule has 164 valence electrons. The van der Waals surface area contributed by atoms with Gasteiger partial charge in [-0.2, -0.15) is 0 Å². The lowest BCUT2D eigenvalue weighted by Gasteiger charge is -2.14. The summed E-state index contributed by atoms with van der Waals surface area (Å²) in [6.07, 6.45) is 0. The minimum Gasteiger partial charge on any atom is -0.327 e. The molecule has 2 N–H and O–H groups in total. The number of carbonyl (C=O) groups excluding carboxylic acids is 1. The van der Waals surface area contributed by atoms with Crippen LogP contribution in [0.5, 0.6) is 0 Å². The van der Waals surface area contributed by atoms with Crippen LogP contribution in [-0.4, -0.2) is 20.9 Å². The Bertz CT molecular complexity index is 1400. The number of aryl methyl sites for hydroxylation is 2. The summed E-state index contributed by atoms with van der Waals surface area (Å²) in [5.41, 5.74) is 4.17. The molecule has 7 nitrogen and oxygen atoms in total. The molecular weight excluding hydrogens is 436 g/mol. The molecule has 0 spiro atoms. The van der Waals surface area contributed by atoms with Gasteiger partial charge in [-0.05, 0) is 49.3 Å². The van der Waals surface area contributed by atoms with Crippen molar-refractivity contribution in [1.29, 1.82) is 0 Å². The molecule has 1 amide bonds. The molecule has 4 aromatic rings. The molecule has 0 unspecified atom stereocenters. The highest BCUT2D eigenvalue weighted by atomic mass is 32.1. The van der Waals surface area contributed by atoms with Crippen molar-refractivity contribution in [2.45, 2.75) is 13.8 Å². The van der Waals surface area contributed by atoms with Crippen LogP contribution in [0.1, 0.15) is 21.5 Å². The van der Waals surface area contributed by atoms with Crippen LogP contribution in [0.4, 0.5) is 11.4 Å². The van der Waals surface area contributed by atoms with Crippen molar-refractivity contribution in [3.05, 3.63) is 99.6 Å². The zero-order chi connectivity index (χ0) is 23.5. The van der Waals surface area contributed by atoms with Crippen molar-refractivity contribution in [1.82, 2.24) is 10.3 Å². The highest BCUT2D eigenvalue weighted by Gasteiger charge is 2.20. The van der Waals surface area contributed by atoms with Crippen LogP contribution in [0.15, 0.2) is 72.8 Å². The molecule has 0 saturated heterocycles. The van der Waals surface area contributed by atoms with Gasteiger partial charge in [-0.25, -0.2) is 4.98 Å². The number of nitrogens with zero attached hydrogens (tertiary/aromatic N) is 2. The van der Waals surface area contributed by atoms with Crippen LogP contribution in [0.25, 0.3) is 22.2 Å². The fourth-order valence-corrected chi connectivity index (χ4v) is 3.88. The number of fused-ring (bicyclic) bond motifs is 1. The fraction of sp³-hybridized carbons (Fsp3) is 0.0800. The SMILES string of the molecule is Cc1cc(C)c(NC(=S)NC(=O)c2cc(-c3ccccc3)nc3ccccc23)c([N+](=O)[O-])c1. The van der Waals surface area contributed by atoms with Gasteiger partial charge in [0.15, 0.2) is 5.11 Å². The highest BCUT2D eigenvalue weighted by molar-refractivity contribution is 7.80. The van der Waals surface area contributed by atoms with Crippen molar-refractivity contribution < 1.29 is 9.72 Å². The number of anilines is 1. The van der Waals surface area contributed by atoms with Crippen LogP contribution in [-0.2, 0) is 0 Å². The van der Waals surface area contributed by atoms with Gasteiger partial charge in [0.05, 0.1) is 21.7 Å². The molecule has 1 heterocycles. The number of thiocarbonyl (C=S) groups is 1. The van der Waals surface area contributed by atoms with E-state index < -0.39 is 10.8 Å². The second-order valence-electron chi connectivity index (χ2n) is 7.58. The normalized spacial score (nSPS) is 10.6. The Morgan fingerprint density at radius 3 is 2.42 bits per heavy atom. The molecule has 0 bridgehead atoms. The lowest BCUT2D eigenvalue weighted by Crippen LogP contribution is -2.34. The summed E-state index contributed by atoms with van der Waals surface area (Å²) in [5, 5.41) is 17.6. The first kappa shape index (κ1) is 22.0. The van der Waals surface area contributed by atoms with Gasteiger partial charge >= 0.3 is 0 Å². The number of pyridine rings is 1. The third-order valence-corrected chi connectivity index (χ3v) is 5.36. The number of hydrogen-bond donors (Lipinski definition) is 2. The summed E-state index contributed by atoms with van der Waals surface area (Å²) in [7, 11) is 0. The Morgan fingerprint density at radius 1 is 1.00 bits per heavy atom. The van der Waals surface area contributed by atoms with E-state index in [4.69, 9.17) is 12.2 Å². The first-order chi connectivity index (χ1) is 15.8. The molecule has 0 aliphatic carbocycles. The number of amides is 1. The summed E-state index contributed by atoms with van der Waals surface area (Å²) in [6, 6.07) is 21.9. The second-order valence-corrected chi connectivity index (χ2v) is 7.99. The third kappa shape index (κ3) is 4.70. The Morgan fingerprint density at radius 2 is 1.70 bits per heavy atom. The largest absolute Gasteiger partial charge is 0.327 e. The molecule has 33 heavy (non-hydrogen) atoms. The first-order valence-corrected chi connectivity index (χ1v) is 10.6. The van der Waals surface area contributed by atoms with Gasteiger partial charge < -0.3 is 5.32 Å². The van der Waals surface area contributed by atoms with Gasteiger partial charge in [-0.1, -0.05) is 54.6 Å². The monoisotopic (exact) mass is 456 g/mol. The van der Waals surface area contributed by atoms with E-state index in [1.165, 1.54) is 6.07 Å². The van der Waals surface area contributed by atoms with Crippen molar-refractivity contribution in [3.63, 3.8) is 0 Å². The molecule has 1 aromatic heterocycles. The van der Waals surface area contributed by atoms with Gasteiger partial charge in [0.2, 0.25) is 0 Å². The number of hydrogen-bond acceptors (Lipinski definition) is 5. The van der Waals surface area contributed by atoms with Crippen molar-refractivity contribution in [2.75, 3.05) is 5.32 Å². The number of benzene rings is 3. The summed E-state index contributed by atoms with van der Waals surface area (Å²) in [5.74, 6) is -0.435. The molecule has 0 radical (unpaired) electrons. The van der Waals surface area contributed by atoms with Gasteiger partial charge in [0.25, 0.3) is 11.6 Å². The molecule has 0 aliphatic heterocycles. The fourth-order valence-electron chi connectivity index (χ4n) is 3.69. The number of nitro groups is 1. The van der Waals surface area contributed by atoms with Gasteiger partial charge in [-0.15, -0.1) is 0 Å². The number of nitro benzene ring substituents is 1. The van der Waals surface area contributed by atoms with E-state index in [2.05, 4.69) is 15.6 Å². The van der Waals surface area contributed by atoms with E-state index in [0.29, 0.717) is 27.7 Å². The highest BCUT2D eigenvalue weighted by Crippen LogP contribution is 2.30. The van der Waals surface area contributed by atoms with Crippen LogP contribution in [0.3, 0.4) is 0 Å². The Hall–Kier alpha value is -4.17. The maximum absolute atomic E-state index is 13.2. The molecule has 0 atom stereocenters. The topological polar surface area (TPSA) is 97.2 Å². The quantitative estimate of drug-likeness (QED) is 0.237. The maximum atomic E-state index is 13.2. The van der Waals surface area contributed by atoms with Gasteiger partial charge in [0.1, 0.15) is 5.69 Å². The van der Waals surface area contributed by atoms with Crippen LogP contribution < -0.4 is 10.6 Å². The predicted molar refractivity (Wildman–Crippen MR) is 133 cm³/mol. The van der Waals surface area contributed by atoms with E-state index in [-0.39, 0.29) is 16.5 Å². The number of rotatable bonds is 4. The lowest BCUT2D eigenvalue weighted by molar-refractivity contribution is -0.384. The van der Waals surface area contributed by atoms with E-state index in [0.717, 1.165) is 11.1 Å². The van der Waals surface area contributed by atoms with Crippen LogP contribution in [0.2, 0.25) is 0 Å². The molecular formula is C25H20N4O3S. The smallest absolute Gasteiger partial charge is 0.293 e. The standard InChI is InChI=1S/C25H20N4O3S/c1-15-12-16(2)23(22(13-15)29(31)32)27-25(33)28-24(30)19-14-21(17-8-4-3-5-9-17)26-20-11-7-6-10-18(19)20/h3-14H,1-2H3,(H2,27,28,30,33). The zero-order valence-electron chi connectivity index (χ0n) is 18.0. The summed E-state index contributed by atoms with van der Waals surface area (Å²) < 4.78 is 0. The van der Waals surface area contributed by atoms with E-state index >= 15 is 0 Å². The third-order valence-electron chi connectivity index (χ3n) is 5.15. The zero-order valence-corrected chi connectivity index (χ0v) is 18.8. The molecule has 0 aliphatic rings. The van der Waals surface area contributed by atoms with E-state index in [1.54, 1.807) is 19.9 Å². The number of nitrogens with one attached hydrogen (secondary N) is 2. The van der Waals surface area contributed by atoms with Crippen molar-refractivity contribution in [2.24, 2.45) is 0 Å². The lowest BCUT2D eigenvalue weighted by atomic mass is 10.0. The number of para-hydroxylation sites is 1. The van der Waals surface area contributed by atoms with Crippen molar-refractivity contribution in [3.8, 4) is 11.3 Å². The second kappa shape index (κ2) is 9.13. The van der Waals surface area contributed by atoms with E-state index in [9.17, 15) is 14.9 Å². The summed E-state index contributed by atoms with van der Waals surface area (Å²) in [6.45, 7) is 3.53. The Labute approximate surface area is 195 Å². The van der Waals surface area contributed by atoms with Crippen LogP contribution >= 0.6 is 12.2 Å². The van der Waals surface area contributed by atoms with Crippen LogP contribution in [0, 0.1) is 24.0 Å². The first-order valence-electron chi connectivity index (χ1n) is 10.2. The predicted octanol–water partition coefficient (Wildman–Crippen LogP) is 5.55. The maximum Gasteiger partial charge on any atom is 0.293 e. The average molecular weight is 457 g/mol. The Kier molecular flexibility index (Phi) is 6.10. The Balaban J connectivity index is 1.66. The van der Waals surface area contributed by atoms with E-state index in [1.807, 2.05) is 60.7 Å². The number of aromatic nitrogens is 1. The minimum atomic E-state index is -0.477. The van der Waals surface area contributed by atoms with Crippen molar-refractivity contribution >= 4 is 45.5 Å². The molecule has 4 rings (SSSR count). The molecule has 0 fully saturated rings. The minimum absolute atomic E-state index is 0.0304. The van der Waals surface area contributed by atoms with Gasteiger partial charge in [0, 0.05) is 17.0 Å². The summed E-state index contributed by atoms with van der Waals surface area (Å²) >= 11 is 5.32. The molecule has 0 saturated carbocycles. The van der Waals surface area contributed by atoms with Gasteiger partial charge in [-0.3, -0.25) is 20.2 Å². The molecule has 8 heteroatoms. The summed E-state index contributed by atoms with van der Waals surface area (Å²) in [4.78, 5) is 28.9. The number of carbonyl (C=O) groups is 1. The average Bonchev–Trinajstić information content (AvgIpc) is 2.80. The molecule has 3 aromatic carbocycles.